The second-order valence-electron chi connectivity index (χ2n) is 4.79. The van der Waals surface area contributed by atoms with Gasteiger partial charge in [0.1, 0.15) is 4.90 Å². The van der Waals surface area contributed by atoms with Crippen LogP contribution in [-0.4, -0.2) is 28.2 Å². The molecule has 0 amide bonds. The van der Waals surface area contributed by atoms with Crippen LogP contribution < -0.4 is 4.72 Å². The average Bonchev–Trinajstić information content (AvgIpc) is 2.40. The highest BCUT2D eigenvalue weighted by atomic mass is 79.9. The Bertz CT molecular complexity index is 1020. The smallest absolute Gasteiger partial charge is 0.265 e. The minimum absolute atomic E-state index is 0.0344. The van der Waals surface area contributed by atoms with Gasteiger partial charge in [0.05, 0.1) is 15.6 Å². The number of halogens is 3. The molecule has 2 aromatic rings. The van der Waals surface area contributed by atoms with Crippen molar-refractivity contribution in [2.45, 2.75) is 9.79 Å². The third kappa shape index (κ3) is 4.34. The van der Waals surface area contributed by atoms with Crippen LogP contribution in [0.1, 0.15) is 0 Å². The van der Waals surface area contributed by atoms with Crippen molar-refractivity contribution in [1.29, 1.82) is 0 Å². The number of sulfone groups is 1. The molecule has 0 aliphatic rings. The number of sulfonamides is 1. The van der Waals surface area contributed by atoms with Gasteiger partial charge in [-0.2, -0.15) is 0 Å². The van der Waals surface area contributed by atoms with E-state index in [1.54, 1.807) is 0 Å². The molecule has 0 fully saturated rings. The van der Waals surface area contributed by atoms with Crippen LogP contribution in [-0.2, 0) is 19.9 Å². The molecule has 0 aliphatic heterocycles. The number of hydrogen-bond donors (Lipinski definition) is 2. The minimum Gasteiger partial charge on any atom is -0.505 e. The zero-order valence-electron chi connectivity index (χ0n) is 11.9. The number of hydrogen-bond acceptors (Lipinski definition) is 5. The van der Waals surface area contributed by atoms with Crippen molar-refractivity contribution < 1.29 is 21.9 Å². The van der Waals surface area contributed by atoms with Crippen LogP contribution in [0, 0.1) is 0 Å². The van der Waals surface area contributed by atoms with Crippen LogP contribution in [0.25, 0.3) is 0 Å². The van der Waals surface area contributed by atoms with E-state index >= 15 is 0 Å². The number of phenolic OH excluding ortho intramolecular Hbond substituents is 1. The van der Waals surface area contributed by atoms with Gasteiger partial charge in [-0.1, -0.05) is 39.1 Å². The predicted molar refractivity (Wildman–Crippen MR) is 96.2 cm³/mol. The lowest BCUT2D eigenvalue weighted by Gasteiger charge is -2.12. The van der Waals surface area contributed by atoms with Gasteiger partial charge in [-0.15, -0.1) is 0 Å². The largest absolute Gasteiger partial charge is 0.505 e. The number of benzene rings is 2. The summed E-state index contributed by atoms with van der Waals surface area (Å²) < 4.78 is 50.7. The lowest BCUT2D eigenvalue weighted by molar-refractivity contribution is 0.459. The number of anilines is 1. The Hall–Kier alpha value is -1.00. The molecule has 0 aliphatic carbocycles. The highest BCUT2D eigenvalue weighted by molar-refractivity contribution is 9.10. The lowest BCUT2D eigenvalue weighted by Crippen LogP contribution is -2.14. The van der Waals surface area contributed by atoms with Crippen molar-refractivity contribution in [1.82, 2.24) is 0 Å². The van der Waals surface area contributed by atoms with E-state index < -0.39 is 30.5 Å². The van der Waals surface area contributed by atoms with E-state index in [9.17, 15) is 21.9 Å². The molecule has 0 aromatic heterocycles. The third-order valence-corrected chi connectivity index (χ3v) is 6.29. The zero-order chi connectivity index (χ0) is 18.3. The van der Waals surface area contributed by atoms with Crippen molar-refractivity contribution >= 4 is 64.7 Å². The second-order valence-corrected chi connectivity index (χ2v) is 10.2. The van der Waals surface area contributed by atoms with E-state index in [1.807, 2.05) is 0 Å². The predicted octanol–water partition coefficient (Wildman–Crippen LogP) is 3.67. The summed E-state index contributed by atoms with van der Waals surface area (Å²) in [6, 6.07) is 6.05. The summed E-state index contributed by atoms with van der Waals surface area (Å²) in [4.78, 5) is -0.619. The number of nitrogens with one attached hydrogen (secondary N) is 1. The third-order valence-electron chi connectivity index (χ3n) is 2.83. The maximum Gasteiger partial charge on any atom is 0.265 e. The van der Waals surface area contributed by atoms with Crippen molar-refractivity contribution in [3.05, 3.63) is 44.8 Å². The Labute approximate surface area is 157 Å². The molecule has 11 heteroatoms. The summed E-state index contributed by atoms with van der Waals surface area (Å²) in [6.07, 6.45) is 0.969. The van der Waals surface area contributed by atoms with Crippen LogP contribution in [0.15, 0.2) is 44.6 Å². The second kappa shape index (κ2) is 6.72. The minimum atomic E-state index is -4.24. The Morgan fingerprint density at radius 1 is 1.04 bits per heavy atom. The summed E-state index contributed by atoms with van der Waals surface area (Å²) in [5.41, 5.74) is -0.0709. The fourth-order valence-electron chi connectivity index (χ4n) is 1.79. The SMILES string of the molecule is CS(=O)(=O)c1cc(Cl)cc(NS(=O)(=O)c2cc(Br)cc(Cl)c2O)c1. The molecule has 2 aromatic carbocycles. The molecular formula is C13H10BrCl2NO5S2. The first kappa shape index (κ1) is 19.3. The number of aromatic hydroxyl groups is 1. The molecule has 0 saturated carbocycles. The van der Waals surface area contributed by atoms with Gasteiger partial charge in [0.15, 0.2) is 15.6 Å². The Morgan fingerprint density at radius 3 is 2.25 bits per heavy atom. The first-order chi connectivity index (χ1) is 10.9. The van der Waals surface area contributed by atoms with Gasteiger partial charge in [0.25, 0.3) is 10.0 Å². The highest BCUT2D eigenvalue weighted by Gasteiger charge is 2.22. The van der Waals surface area contributed by atoms with E-state index in [2.05, 4.69) is 20.7 Å². The van der Waals surface area contributed by atoms with Crippen molar-refractivity contribution in [2.75, 3.05) is 11.0 Å². The van der Waals surface area contributed by atoms with Crippen LogP contribution in [0.3, 0.4) is 0 Å². The lowest BCUT2D eigenvalue weighted by atomic mass is 10.3. The van der Waals surface area contributed by atoms with Crippen molar-refractivity contribution in [3.8, 4) is 5.75 Å². The van der Waals surface area contributed by atoms with E-state index in [4.69, 9.17) is 23.2 Å². The van der Waals surface area contributed by atoms with Crippen LogP contribution in [0.4, 0.5) is 5.69 Å². The van der Waals surface area contributed by atoms with Gasteiger partial charge in [0, 0.05) is 15.8 Å². The van der Waals surface area contributed by atoms with Crippen molar-refractivity contribution in [3.63, 3.8) is 0 Å². The molecule has 2 rings (SSSR count). The first-order valence-corrected chi connectivity index (χ1v) is 11.0. The topological polar surface area (TPSA) is 101 Å². The molecule has 130 valence electrons. The highest BCUT2D eigenvalue weighted by Crippen LogP contribution is 2.35. The normalized spacial score (nSPS) is 12.2. The van der Waals surface area contributed by atoms with E-state index in [0.29, 0.717) is 4.47 Å². The van der Waals surface area contributed by atoms with E-state index in [-0.39, 0.29) is 20.6 Å². The number of phenols is 1. The molecule has 0 saturated heterocycles. The molecule has 0 bridgehead atoms. The quantitative estimate of drug-likeness (QED) is 0.704. The molecular weight excluding hydrogens is 465 g/mol. The van der Waals surface area contributed by atoms with Crippen molar-refractivity contribution in [2.24, 2.45) is 0 Å². The summed E-state index contributed by atoms with van der Waals surface area (Å²) >= 11 is 14.7. The standard InChI is InChI=1S/C13H10BrCl2NO5S2/c1-23(19,20)10-5-8(15)4-9(6-10)17-24(21,22)12-3-7(14)2-11(16)13(12)18/h2-6,17-18H,1H3. The molecule has 0 spiro atoms. The fraction of sp³-hybridized carbons (Fsp3) is 0.0769. The summed E-state index contributed by atoms with van der Waals surface area (Å²) in [5, 5.41) is 9.75. The van der Waals surface area contributed by atoms with Gasteiger partial charge in [-0.25, -0.2) is 16.8 Å². The molecule has 6 nitrogen and oxygen atoms in total. The monoisotopic (exact) mass is 473 g/mol. The number of rotatable bonds is 4. The van der Waals surface area contributed by atoms with Gasteiger partial charge in [-0.3, -0.25) is 4.72 Å². The van der Waals surface area contributed by atoms with Crippen LogP contribution >= 0.6 is 39.1 Å². The maximum absolute atomic E-state index is 12.5. The van der Waals surface area contributed by atoms with E-state index in [0.717, 1.165) is 18.4 Å². The van der Waals surface area contributed by atoms with Crippen LogP contribution in [0.2, 0.25) is 10.0 Å². The summed E-state index contributed by atoms with van der Waals surface area (Å²) in [5.74, 6) is -0.627. The molecule has 0 radical (unpaired) electrons. The van der Waals surface area contributed by atoms with Gasteiger partial charge in [-0.05, 0) is 30.3 Å². The summed E-state index contributed by atoms with van der Waals surface area (Å²) in [7, 11) is -7.82. The molecule has 2 N–H and O–H groups in total. The molecule has 0 unspecified atom stereocenters. The average molecular weight is 475 g/mol. The maximum atomic E-state index is 12.5. The van der Waals surface area contributed by atoms with Crippen LogP contribution in [0.5, 0.6) is 5.75 Å². The van der Waals surface area contributed by atoms with Gasteiger partial charge < -0.3 is 5.11 Å². The fourth-order valence-corrected chi connectivity index (χ4v) is 4.98. The van der Waals surface area contributed by atoms with Gasteiger partial charge in [0.2, 0.25) is 0 Å². The molecule has 24 heavy (non-hydrogen) atoms. The Morgan fingerprint density at radius 2 is 1.67 bits per heavy atom. The Kier molecular flexibility index (Phi) is 5.41. The zero-order valence-corrected chi connectivity index (χ0v) is 16.6. The van der Waals surface area contributed by atoms with Gasteiger partial charge >= 0.3 is 0 Å². The summed E-state index contributed by atoms with van der Waals surface area (Å²) in [6.45, 7) is 0. The molecule has 0 atom stereocenters. The van der Waals surface area contributed by atoms with E-state index in [1.165, 1.54) is 18.2 Å². The first-order valence-electron chi connectivity index (χ1n) is 6.11. The molecule has 0 heterocycles. The Balaban J connectivity index is 2.53.